The topological polar surface area (TPSA) is 17.1 Å². The summed E-state index contributed by atoms with van der Waals surface area (Å²) in [6, 6.07) is 11.3. The molecule has 16 heavy (non-hydrogen) atoms. The monoisotopic (exact) mass is 228 g/mol. The van der Waals surface area contributed by atoms with E-state index in [1.165, 1.54) is 0 Å². The Morgan fingerprint density at radius 1 is 0.938 bits per heavy atom. The first-order valence-corrected chi connectivity index (χ1v) is 5.51. The Bertz CT molecular complexity index is 561. The van der Waals surface area contributed by atoms with Crippen molar-refractivity contribution in [2.75, 3.05) is 0 Å². The van der Waals surface area contributed by atoms with Gasteiger partial charge < -0.3 is 0 Å². The molecule has 0 aromatic heterocycles. The van der Waals surface area contributed by atoms with E-state index in [1.807, 2.05) is 43.3 Å². The van der Waals surface area contributed by atoms with Gasteiger partial charge in [-0.3, -0.25) is 4.79 Å². The Labute approximate surface area is 98.7 Å². The van der Waals surface area contributed by atoms with Crippen molar-refractivity contribution in [3.63, 3.8) is 0 Å². The molecule has 0 amide bonds. The summed E-state index contributed by atoms with van der Waals surface area (Å²) in [7, 11) is 0. The second-order valence-corrected chi connectivity index (χ2v) is 4.40. The molecule has 0 radical (unpaired) electrons. The van der Waals surface area contributed by atoms with Crippen molar-refractivity contribution < 1.29 is 4.79 Å². The van der Waals surface area contributed by atoms with Crippen molar-refractivity contribution >= 4 is 17.4 Å². The van der Waals surface area contributed by atoms with Crippen LogP contribution in [0.5, 0.6) is 0 Å². The lowest BCUT2D eigenvalue weighted by Crippen LogP contribution is -1.94. The van der Waals surface area contributed by atoms with Crippen LogP contribution < -0.4 is 0 Å². The molecule has 2 aromatic rings. The van der Waals surface area contributed by atoms with Crippen LogP contribution in [0.3, 0.4) is 0 Å². The van der Waals surface area contributed by atoms with Crippen molar-refractivity contribution in [3.05, 3.63) is 58.1 Å². The molecular weight excluding hydrogens is 220 g/mol. The number of carbonyl (C=O) groups is 1. The van der Waals surface area contributed by atoms with E-state index in [0.29, 0.717) is 5.02 Å². The van der Waals surface area contributed by atoms with Gasteiger partial charge in [-0.25, -0.2) is 0 Å². The van der Waals surface area contributed by atoms with Gasteiger partial charge in [0.25, 0.3) is 0 Å². The number of fused-ring (bicyclic) bond motifs is 3. The first-order valence-electron chi connectivity index (χ1n) is 5.13. The summed E-state index contributed by atoms with van der Waals surface area (Å²) < 4.78 is 0. The fraction of sp³-hybridized carbons (Fsp3) is 0.0714. The van der Waals surface area contributed by atoms with Gasteiger partial charge in [0.05, 0.1) is 0 Å². The maximum atomic E-state index is 12.1. The maximum absolute atomic E-state index is 12.1. The van der Waals surface area contributed by atoms with Crippen molar-refractivity contribution in [3.8, 4) is 11.1 Å². The number of aryl methyl sites for hydroxylation is 1. The Balaban J connectivity index is 2.48. The molecular formula is C14H9ClO. The van der Waals surface area contributed by atoms with E-state index in [2.05, 4.69) is 0 Å². The van der Waals surface area contributed by atoms with Gasteiger partial charge in [-0.2, -0.15) is 0 Å². The van der Waals surface area contributed by atoms with Crippen LogP contribution in [0.15, 0.2) is 36.4 Å². The maximum Gasteiger partial charge on any atom is 0.194 e. The van der Waals surface area contributed by atoms with Gasteiger partial charge in [-0.1, -0.05) is 41.9 Å². The van der Waals surface area contributed by atoms with E-state index in [4.69, 9.17) is 11.6 Å². The lowest BCUT2D eigenvalue weighted by atomic mass is 10.0. The molecule has 78 valence electrons. The fourth-order valence-electron chi connectivity index (χ4n) is 2.30. The summed E-state index contributed by atoms with van der Waals surface area (Å²) >= 11 is 6.18. The van der Waals surface area contributed by atoms with Crippen molar-refractivity contribution in [1.29, 1.82) is 0 Å². The fourth-order valence-corrected chi connectivity index (χ4v) is 2.57. The predicted molar refractivity (Wildman–Crippen MR) is 65.1 cm³/mol. The molecule has 0 heterocycles. The van der Waals surface area contributed by atoms with E-state index in [0.717, 1.165) is 27.8 Å². The molecule has 1 aliphatic carbocycles. The number of ketones is 1. The molecule has 0 saturated carbocycles. The molecule has 0 N–H and O–H groups in total. The number of hydrogen-bond donors (Lipinski definition) is 0. The molecule has 0 unspecified atom stereocenters. The van der Waals surface area contributed by atoms with Crippen LogP contribution in [-0.2, 0) is 0 Å². The van der Waals surface area contributed by atoms with Crippen LogP contribution in [0.25, 0.3) is 11.1 Å². The van der Waals surface area contributed by atoms with Crippen LogP contribution in [0, 0.1) is 6.92 Å². The molecule has 0 aliphatic heterocycles. The SMILES string of the molecule is Cc1cccc2c1-c1c(Cl)cccc1C2=O. The summed E-state index contributed by atoms with van der Waals surface area (Å²) in [6.45, 7) is 2.00. The molecule has 0 atom stereocenters. The summed E-state index contributed by atoms with van der Waals surface area (Å²) in [5.74, 6) is 0.0798. The lowest BCUT2D eigenvalue weighted by molar-refractivity contribution is 0.104. The highest BCUT2D eigenvalue weighted by Gasteiger charge is 2.29. The number of benzene rings is 2. The first kappa shape index (κ1) is 9.61. The minimum Gasteiger partial charge on any atom is -0.289 e. The lowest BCUT2D eigenvalue weighted by Gasteiger charge is -2.05. The van der Waals surface area contributed by atoms with Gasteiger partial charge >= 0.3 is 0 Å². The van der Waals surface area contributed by atoms with Gasteiger partial charge in [-0.15, -0.1) is 0 Å². The van der Waals surface area contributed by atoms with Crippen LogP contribution in [-0.4, -0.2) is 5.78 Å². The molecule has 0 bridgehead atoms. The van der Waals surface area contributed by atoms with Gasteiger partial charge in [0.15, 0.2) is 5.78 Å². The Kier molecular flexibility index (Phi) is 1.92. The van der Waals surface area contributed by atoms with E-state index >= 15 is 0 Å². The highest BCUT2D eigenvalue weighted by molar-refractivity contribution is 6.37. The van der Waals surface area contributed by atoms with E-state index < -0.39 is 0 Å². The largest absolute Gasteiger partial charge is 0.289 e. The molecule has 1 nitrogen and oxygen atoms in total. The minimum absolute atomic E-state index is 0.0798. The van der Waals surface area contributed by atoms with E-state index in [1.54, 1.807) is 0 Å². The summed E-state index contributed by atoms with van der Waals surface area (Å²) in [5, 5.41) is 0.652. The average molecular weight is 229 g/mol. The zero-order chi connectivity index (χ0) is 11.3. The van der Waals surface area contributed by atoms with Gasteiger partial charge in [-0.05, 0) is 24.1 Å². The smallest absolute Gasteiger partial charge is 0.194 e. The summed E-state index contributed by atoms with van der Waals surface area (Å²) in [6.07, 6.45) is 0. The zero-order valence-electron chi connectivity index (χ0n) is 8.75. The number of hydrogen-bond acceptors (Lipinski definition) is 1. The van der Waals surface area contributed by atoms with Crippen LogP contribution in [0.1, 0.15) is 21.5 Å². The van der Waals surface area contributed by atoms with E-state index in [9.17, 15) is 4.79 Å². The molecule has 0 spiro atoms. The molecule has 1 aliphatic rings. The van der Waals surface area contributed by atoms with Gasteiger partial charge in [0.1, 0.15) is 0 Å². The van der Waals surface area contributed by atoms with Crippen LogP contribution in [0.2, 0.25) is 5.02 Å². The molecule has 0 fully saturated rings. The number of rotatable bonds is 0. The Morgan fingerprint density at radius 3 is 2.31 bits per heavy atom. The standard InChI is InChI=1S/C14H9ClO/c1-8-4-2-5-9-12(8)13-10(14(9)16)6-3-7-11(13)15/h2-7H,1H3. The van der Waals surface area contributed by atoms with Crippen LogP contribution in [0.4, 0.5) is 0 Å². The molecule has 2 heteroatoms. The van der Waals surface area contributed by atoms with E-state index in [-0.39, 0.29) is 5.78 Å². The average Bonchev–Trinajstić information content (AvgIpc) is 2.56. The van der Waals surface area contributed by atoms with Crippen molar-refractivity contribution in [2.24, 2.45) is 0 Å². The minimum atomic E-state index is 0.0798. The van der Waals surface area contributed by atoms with Crippen LogP contribution >= 0.6 is 11.6 Å². The highest BCUT2D eigenvalue weighted by Crippen LogP contribution is 2.42. The number of carbonyl (C=O) groups excluding carboxylic acids is 1. The summed E-state index contributed by atoms with van der Waals surface area (Å²) in [4.78, 5) is 12.1. The second kappa shape index (κ2) is 3.19. The summed E-state index contributed by atoms with van der Waals surface area (Å²) in [5.41, 5.74) is 4.47. The van der Waals surface area contributed by atoms with Crippen molar-refractivity contribution in [2.45, 2.75) is 6.92 Å². The quantitative estimate of drug-likeness (QED) is 0.571. The Morgan fingerprint density at radius 2 is 1.56 bits per heavy atom. The normalized spacial score (nSPS) is 12.5. The van der Waals surface area contributed by atoms with Crippen molar-refractivity contribution in [1.82, 2.24) is 0 Å². The first-order chi connectivity index (χ1) is 7.70. The molecule has 2 aromatic carbocycles. The number of halogens is 1. The third-order valence-electron chi connectivity index (χ3n) is 3.03. The third-order valence-corrected chi connectivity index (χ3v) is 3.34. The second-order valence-electron chi connectivity index (χ2n) is 3.99. The Hall–Kier alpha value is -1.60. The zero-order valence-corrected chi connectivity index (χ0v) is 9.51. The highest BCUT2D eigenvalue weighted by atomic mass is 35.5. The third kappa shape index (κ3) is 1.09. The van der Waals surface area contributed by atoms with Gasteiger partial charge in [0, 0.05) is 21.7 Å². The predicted octanol–water partition coefficient (Wildman–Crippen LogP) is 3.86. The molecule has 0 saturated heterocycles. The van der Waals surface area contributed by atoms with Gasteiger partial charge in [0.2, 0.25) is 0 Å². The molecule has 3 rings (SSSR count).